The van der Waals surface area contributed by atoms with E-state index in [2.05, 4.69) is 15.6 Å². The Hall–Kier alpha value is -3.22. The van der Waals surface area contributed by atoms with Crippen LogP contribution in [-0.2, 0) is 18.3 Å². The first-order chi connectivity index (χ1) is 13.9. The summed E-state index contributed by atoms with van der Waals surface area (Å²) >= 11 is 0. The number of hydrogen-bond donors (Lipinski definition) is 2. The minimum absolute atomic E-state index is 0.0155. The smallest absolute Gasteiger partial charge is 0.251 e. The predicted octanol–water partition coefficient (Wildman–Crippen LogP) is 3.73. The molecule has 0 bridgehead atoms. The largest absolute Gasteiger partial charge is 0.352 e. The zero-order chi connectivity index (χ0) is 21.0. The van der Waals surface area contributed by atoms with Crippen LogP contribution in [0.2, 0.25) is 0 Å². The molecule has 0 aliphatic heterocycles. The Morgan fingerprint density at radius 1 is 1.17 bits per heavy atom. The maximum absolute atomic E-state index is 13.6. The first-order valence-electron chi connectivity index (χ1n) is 9.68. The van der Waals surface area contributed by atoms with Crippen molar-refractivity contribution in [1.82, 2.24) is 14.9 Å². The number of nitrogens with zero attached hydrogens (tertiary/aromatic N) is 2. The van der Waals surface area contributed by atoms with E-state index >= 15 is 0 Å². The summed E-state index contributed by atoms with van der Waals surface area (Å²) in [6.45, 7) is 4.00. The van der Waals surface area contributed by atoms with Gasteiger partial charge in [0.1, 0.15) is 11.6 Å². The molecule has 0 radical (unpaired) electrons. The fourth-order valence-corrected chi connectivity index (χ4v) is 3.13. The Kier molecular flexibility index (Phi) is 6.26. The standard InChI is InChI=1S/C22H25FN4O2/c1-4-5-21(28)25-16-8-9-19-18(13-16)26-20(27(19)3)10-11-24-22(29)15-7-6-14(2)17(23)12-15/h6-9,12-13H,4-5,10-11H2,1-3H3,(H,24,29)(H,25,28). The van der Waals surface area contributed by atoms with Gasteiger partial charge in [-0.05, 0) is 49.2 Å². The van der Waals surface area contributed by atoms with Crippen molar-refractivity contribution in [2.75, 3.05) is 11.9 Å². The summed E-state index contributed by atoms with van der Waals surface area (Å²) in [5.41, 5.74) is 3.25. The third-order valence-corrected chi connectivity index (χ3v) is 4.80. The lowest BCUT2D eigenvalue weighted by molar-refractivity contribution is -0.116. The Bertz CT molecular complexity index is 1060. The monoisotopic (exact) mass is 396 g/mol. The highest BCUT2D eigenvalue weighted by Gasteiger charge is 2.11. The van der Waals surface area contributed by atoms with Crippen LogP contribution in [0.5, 0.6) is 0 Å². The summed E-state index contributed by atoms with van der Waals surface area (Å²) in [5.74, 6) is 0.0871. The number of rotatable bonds is 7. The van der Waals surface area contributed by atoms with Crippen LogP contribution in [0.1, 0.15) is 41.5 Å². The topological polar surface area (TPSA) is 76.0 Å². The summed E-state index contributed by atoms with van der Waals surface area (Å²) < 4.78 is 15.6. The number of anilines is 1. The number of carbonyl (C=O) groups is 2. The summed E-state index contributed by atoms with van der Waals surface area (Å²) in [6, 6.07) is 10.1. The quantitative estimate of drug-likeness (QED) is 0.639. The molecule has 0 aliphatic rings. The second-order valence-electron chi connectivity index (χ2n) is 7.06. The minimum atomic E-state index is -0.394. The molecule has 6 nitrogen and oxygen atoms in total. The second kappa shape index (κ2) is 8.86. The Morgan fingerprint density at radius 2 is 1.97 bits per heavy atom. The van der Waals surface area contributed by atoms with E-state index in [4.69, 9.17) is 0 Å². The highest BCUT2D eigenvalue weighted by atomic mass is 19.1. The van der Waals surface area contributed by atoms with Crippen LogP contribution in [0.3, 0.4) is 0 Å². The van der Waals surface area contributed by atoms with Crippen molar-refractivity contribution in [1.29, 1.82) is 0 Å². The van der Waals surface area contributed by atoms with Crippen molar-refractivity contribution in [2.24, 2.45) is 7.05 Å². The fourth-order valence-electron chi connectivity index (χ4n) is 3.13. The molecule has 0 unspecified atom stereocenters. The van der Waals surface area contributed by atoms with Crippen LogP contribution < -0.4 is 10.6 Å². The normalized spacial score (nSPS) is 10.9. The van der Waals surface area contributed by atoms with Gasteiger partial charge in [-0.2, -0.15) is 0 Å². The highest BCUT2D eigenvalue weighted by Crippen LogP contribution is 2.20. The SMILES string of the molecule is CCCC(=O)Nc1ccc2c(c1)nc(CCNC(=O)c1ccc(C)c(F)c1)n2C. The fraction of sp³-hybridized carbons (Fsp3) is 0.318. The van der Waals surface area contributed by atoms with Gasteiger partial charge in [0.15, 0.2) is 0 Å². The van der Waals surface area contributed by atoms with Crippen molar-refractivity contribution in [3.8, 4) is 0 Å². The molecule has 152 valence electrons. The molecule has 2 N–H and O–H groups in total. The summed E-state index contributed by atoms with van der Waals surface area (Å²) in [5, 5.41) is 5.67. The number of halogens is 1. The zero-order valence-corrected chi connectivity index (χ0v) is 16.9. The maximum Gasteiger partial charge on any atom is 0.251 e. The molecule has 0 saturated carbocycles. The maximum atomic E-state index is 13.6. The van der Waals surface area contributed by atoms with Gasteiger partial charge in [-0.15, -0.1) is 0 Å². The van der Waals surface area contributed by atoms with Crippen molar-refractivity contribution >= 4 is 28.5 Å². The van der Waals surface area contributed by atoms with E-state index in [9.17, 15) is 14.0 Å². The highest BCUT2D eigenvalue weighted by molar-refractivity contribution is 5.94. The molecule has 0 fully saturated rings. The number of imidazole rings is 1. The molecule has 2 aromatic carbocycles. The predicted molar refractivity (Wildman–Crippen MR) is 111 cm³/mol. The van der Waals surface area contributed by atoms with Gasteiger partial charge < -0.3 is 15.2 Å². The average molecular weight is 396 g/mol. The summed E-state index contributed by atoms with van der Waals surface area (Å²) in [6.07, 6.45) is 1.81. The van der Waals surface area contributed by atoms with Crippen molar-refractivity contribution < 1.29 is 14.0 Å². The van der Waals surface area contributed by atoms with E-state index in [0.717, 1.165) is 29.0 Å². The molecular weight excluding hydrogens is 371 g/mol. The second-order valence-corrected chi connectivity index (χ2v) is 7.06. The van der Waals surface area contributed by atoms with Gasteiger partial charge in [0.2, 0.25) is 5.91 Å². The van der Waals surface area contributed by atoms with Crippen LogP contribution in [0, 0.1) is 12.7 Å². The number of carbonyl (C=O) groups excluding carboxylic acids is 2. The molecule has 0 saturated heterocycles. The van der Waals surface area contributed by atoms with E-state index in [1.807, 2.05) is 36.7 Å². The summed E-state index contributed by atoms with van der Waals surface area (Å²) in [4.78, 5) is 28.6. The van der Waals surface area contributed by atoms with Gasteiger partial charge in [0, 0.05) is 37.7 Å². The molecule has 1 aromatic heterocycles. The van der Waals surface area contributed by atoms with Gasteiger partial charge in [0.25, 0.3) is 5.91 Å². The Morgan fingerprint density at radius 3 is 2.69 bits per heavy atom. The molecule has 29 heavy (non-hydrogen) atoms. The molecule has 0 atom stereocenters. The van der Waals surface area contributed by atoms with Crippen LogP contribution in [-0.4, -0.2) is 27.9 Å². The Labute approximate surface area is 169 Å². The van der Waals surface area contributed by atoms with Gasteiger partial charge in [-0.1, -0.05) is 13.0 Å². The average Bonchev–Trinajstić information content (AvgIpc) is 2.99. The van der Waals surface area contributed by atoms with Gasteiger partial charge >= 0.3 is 0 Å². The lowest BCUT2D eigenvalue weighted by Gasteiger charge is -2.07. The van der Waals surface area contributed by atoms with E-state index in [1.54, 1.807) is 19.1 Å². The number of fused-ring (bicyclic) bond motifs is 1. The van der Waals surface area contributed by atoms with E-state index in [-0.39, 0.29) is 11.8 Å². The van der Waals surface area contributed by atoms with E-state index in [1.165, 1.54) is 6.07 Å². The lowest BCUT2D eigenvalue weighted by Crippen LogP contribution is -2.26. The van der Waals surface area contributed by atoms with Crippen molar-refractivity contribution in [2.45, 2.75) is 33.1 Å². The van der Waals surface area contributed by atoms with Crippen LogP contribution in [0.4, 0.5) is 10.1 Å². The van der Waals surface area contributed by atoms with Gasteiger partial charge in [-0.3, -0.25) is 9.59 Å². The minimum Gasteiger partial charge on any atom is -0.352 e. The number of nitrogens with one attached hydrogen (secondary N) is 2. The van der Waals surface area contributed by atoms with Crippen LogP contribution >= 0.6 is 0 Å². The van der Waals surface area contributed by atoms with Gasteiger partial charge in [0.05, 0.1) is 11.0 Å². The van der Waals surface area contributed by atoms with Gasteiger partial charge in [-0.25, -0.2) is 9.37 Å². The van der Waals surface area contributed by atoms with Crippen LogP contribution in [0.25, 0.3) is 11.0 Å². The third kappa shape index (κ3) is 4.80. The molecule has 0 aliphatic carbocycles. The van der Waals surface area contributed by atoms with Crippen molar-refractivity contribution in [3.05, 3.63) is 59.2 Å². The molecule has 3 rings (SSSR count). The first-order valence-corrected chi connectivity index (χ1v) is 9.68. The van der Waals surface area contributed by atoms with E-state index < -0.39 is 5.82 Å². The molecule has 1 heterocycles. The number of hydrogen-bond acceptors (Lipinski definition) is 3. The van der Waals surface area contributed by atoms with Crippen LogP contribution in [0.15, 0.2) is 36.4 Å². The molecular formula is C22H25FN4O2. The first kappa shape index (κ1) is 20.5. The molecule has 7 heteroatoms. The summed E-state index contributed by atoms with van der Waals surface area (Å²) in [7, 11) is 1.91. The molecule has 2 amide bonds. The number of amides is 2. The lowest BCUT2D eigenvalue weighted by atomic mass is 10.1. The van der Waals surface area contributed by atoms with E-state index in [0.29, 0.717) is 30.5 Å². The number of benzene rings is 2. The number of aromatic nitrogens is 2. The Balaban J connectivity index is 1.65. The third-order valence-electron chi connectivity index (χ3n) is 4.80. The molecule has 3 aromatic rings. The number of aryl methyl sites for hydroxylation is 2. The molecule has 0 spiro atoms. The van der Waals surface area contributed by atoms with Crippen molar-refractivity contribution in [3.63, 3.8) is 0 Å². The zero-order valence-electron chi connectivity index (χ0n) is 16.9.